The van der Waals surface area contributed by atoms with Gasteiger partial charge in [0, 0.05) is 12.1 Å². The van der Waals surface area contributed by atoms with Crippen LogP contribution in [-0.4, -0.2) is 48.0 Å². The van der Waals surface area contributed by atoms with E-state index in [0.717, 1.165) is 0 Å². The van der Waals surface area contributed by atoms with E-state index in [1.807, 2.05) is 0 Å². The van der Waals surface area contributed by atoms with Crippen LogP contribution in [0.15, 0.2) is 48.5 Å². The van der Waals surface area contributed by atoms with Crippen LogP contribution < -0.4 is 42.6 Å². The maximum atomic E-state index is 11.2. The number of carbonyl (C=O) groups excluding carboxylic acids is 4. The first kappa shape index (κ1) is 33.7. The number of esters is 2. The fourth-order valence-electron chi connectivity index (χ4n) is 2.48. The Bertz CT molecular complexity index is 947. The van der Waals surface area contributed by atoms with Gasteiger partial charge in [-0.25, -0.2) is 9.59 Å². The van der Waals surface area contributed by atoms with E-state index in [9.17, 15) is 29.4 Å². The van der Waals surface area contributed by atoms with Gasteiger partial charge >= 0.3 is 29.0 Å². The van der Waals surface area contributed by atoms with Crippen LogP contribution in [0.1, 0.15) is 25.0 Å². The summed E-state index contributed by atoms with van der Waals surface area (Å²) in [5.41, 5.74) is 22.8. The molecule has 2 rings (SSSR count). The predicted molar refractivity (Wildman–Crippen MR) is 125 cm³/mol. The Morgan fingerprint density at radius 3 is 1.14 bits per heavy atom. The number of rotatable bonds is 10. The number of hydrogen-bond acceptors (Lipinski definition) is 12. The first-order chi connectivity index (χ1) is 16.8. The molecule has 0 aliphatic rings. The number of carbonyl (C=O) groups is 4. The molecule has 13 heteroatoms. The van der Waals surface area contributed by atoms with Crippen molar-refractivity contribution in [1.82, 2.24) is 0 Å². The van der Waals surface area contributed by atoms with Gasteiger partial charge in [-0.3, -0.25) is 0 Å². The van der Waals surface area contributed by atoms with Gasteiger partial charge in [0.05, 0.1) is 11.9 Å². The Hall–Kier alpha value is -3.32. The second-order valence-corrected chi connectivity index (χ2v) is 7.97. The van der Waals surface area contributed by atoms with Gasteiger partial charge in [0.1, 0.15) is 23.6 Å². The number of benzene rings is 2. The molecular formula is C24H30CuN4O8. The van der Waals surface area contributed by atoms with Gasteiger partial charge in [0.2, 0.25) is 0 Å². The van der Waals surface area contributed by atoms with Gasteiger partial charge in [-0.2, -0.15) is 0 Å². The van der Waals surface area contributed by atoms with Gasteiger partial charge in [-0.1, -0.05) is 24.3 Å². The van der Waals surface area contributed by atoms with E-state index < -0.39 is 48.0 Å². The number of nitrogens with two attached hydrogens (primary N) is 4. The van der Waals surface area contributed by atoms with Crippen LogP contribution in [-0.2, 0) is 49.1 Å². The molecule has 2 aromatic carbocycles. The van der Waals surface area contributed by atoms with Crippen molar-refractivity contribution in [3.05, 3.63) is 59.7 Å². The summed E-state index contributed by atoms with van der Waals surface area (Å²) in [6.45, 7) is 3.05. The first-order valence-corrected chi connectivity index (χ1v) is 10.9. The Kier molecular flexibility index (Phi) is 15.0. The summed E-state index contributed by atoms with van der Waals surface area (Å²) in [6.07, 6.45) is 0.313. The van der Waals surface area contributed by atoms with Crippen LogP contribution in [0.3, 0.4) is 0 Å². The maximum absolute atomic E-state index is 11.2. The van der Waals surface area contributed by atoms with E-state index in [2.05, 4.69) is 0 Å². The molecule has 0 spiro atoms. The van der Waals surface area contributed by atoms with E-state index in [4.69, 9.17) is 32.4 Å². The Morgan fingerprint density at radius 2 is 0.919 bits per heavy atom. The van der Waals surface area contributed by atoms with Crippen molar-refractivity contribution in [2.75, 3.05) is 0 Å². The second kappa shape index (κ2) is 16.4. The van der Waals surface area contributed by atoms with Crippen LogP contribution in [0, 0.1) is 0 Å². The number of aliphatic carboxylic acids is 2. The van der Waals surface area contributed by atoms with Crippen molar-refractivity contribution < 1.29 is 55.9 Å². The molecule has 2 aromatic rings. The van der Waals surface area contributed by atoms with Gasteiger partial charge < -0.3 is 52.2 Å². The van der Waals surface area contributed by atoms with Crippen LogP contribution in [0.5, 0.6) is 11.5 Å². The average Bonchev–Trinajstić information content (AvgIpc) is 2.81. The molecule has 1 radical (unpaired) electrons. The molecule has 0 aromatic heterocycles. The molecule has 0 saturated carbocycles. The topological polar surface area (TPSA) is 237 Å². The van der Waals surface area contributed by atoms with Crippen LogP contribution in [0.2, 0.25) is 0 Å². The van der Waals surface area contributed by atoms with Crippen molar-refractivity contribution in [2.24, 2.45) is 22.9 Å². The van der Waals surface area contributed by atoms with Gasteiger partial charge in [0.25, 0.3) is 0 Å². The summed E-state index contributed by atoms with van der Waals surface area (Å²) in [6, 6.07) is 9.24. The fraction of sp³-hybridized carbons (Fsp3) is 0.333. The number of ether oxygens (including phenoxy) is 2. The van der Waals surface area contributed by atoms with E-state index in [1.165, 1.54) is 13.8 Å². The summed E-state index contributed by atoms with van der Waals surface area (Å²) in [5, 5.41) is 20.9. The summed E-state index contributed by atoms with van der Waals surface area (Å²) in [7, 11) is 0. The fourth-order valence-corrected chi connectivity index (χ4v) is 2.48. The molecule has 4 atom stereocenters. The van der Waals surface area contributed by atoms with Crippen LogP contribution in [0.25, 0.3) is 0 Å². The first-order valence-electron chi connectivity index (χ1n) is 10.9. The van der Waals surface area contributed by atoms with E-state index in [0.29, 0.717) is 22.6 Å². The van der Waals surface area contributed by atoms with E-state index in [-0.39, 0.29) is 29.9 Å². The van der Waals surface area contributed by atoms with Gasteiger partial charge in [0.15, 0.2) is 0 Å². The van der Waals surface area contributed by atoms with Crippen molar-refractivity contribution in [1.29, 1.82) is 0 Å². The summed E-state index contributed by atoms with van der Waals surface area (Å²) in [4.78, 5) is 43.4. The van der Waals surface area contributed by atoms with Crippen molar-refractivity contribution in [3.63, 3.8) is 0 Å². The second-order valence-electron chi connectivity index (χ2n) is 7.97. The van der Waals surface area contributed by atoms with Crippen molar-refractivity contribution >= 4 is 23.9 Å². The quantitative estimate of drug-likeness (QED) is 0.129. The van der Waals surface area contributed by atoms with E-state index in [1.54, 1.807) is 48.5 Å². The number of hydrogen-bond donors (Lipinski definition) is 4. The molecule has 0 amide bonds. The molecule has 37 heavy (non-hydrogen) atoms. The normalized spacial score (nSPS) is 13.4. The largest absolute Gasteiger partial charge is 2.00 e. The van der Waals surface area contributed by atoms with Gasteiger partial charge in [-0.15, -0.1) is 0 Å². The third-order valence-electron chi connectivity index (χ3n) is 4.54. The van der Waals surface area contributed by atoms with Crippen molar-refractivity contribution in [3.8, 4) is 11.5 Å². The van der Waals surface area contributed by atoms with Gasteiger partial charge in [-0.05, 0) is 62.1 Å². The molecule has 0 fully saturated rings. The SMILES string of the molecule is C[C@H](N)C(=O)Oc1ccc(C[C@H](N)C(=O)[O-])cc1.C[C@H](N)C(=O)Oc1ccc(C[C@H](N)C(=O)[O-])cc1.[Cu+2]. The Morgan fingerprint density at radius 1 is 0.649 bits per heavy atom. The molecule has 0 unspecified atom stereocenters. The maximum Gasteiger partial charge on any atom is 2.00 e. The molecule has 0 heterocycles. The molecule has 12 nitrogen and oxygen atoms in total. The molecule has 0 saturated heterocycles. The predicted octanol–water partition coefficient (Wildman–Crippen LogP) is -2.88. The molecule has 0 aliphatic carbocycles. The zero-order chi connectivity index (χ0) is 27.4. The minimum absolute atomic E-state index is 0. The van der Waals surface area contributed by atoms with Crippen molar-refractivity contribution in [2.45, 2.75) is 50.9 Å². The Balaban J connectivity index is 0.000000682. The Labute approximate surface area is 224 Å². The zero-order valence-electron chi connectivity index (χ0n) is 20.2. The summed E-state index contributed by atoms with van der Waals surface area (Å²) in [5.74, 6) is -2.97. The minimum Gasteiger partial charge on any atom is -0.548 e. The number of carboxylic acid groups (broad SMARTS) is 2. The molecule has 0 bridgehead atoms. The summed E-state index contributed by atoms with van der Waals surface area (Å²) < 4.78 is 9.92. The number of carboxylic acids is 2. The molecule has 8 N–H and O–H groups in total. The third-order valence-corrected chi connectivity index (χ3v) is 4.54. The molecular weight excluding hydrogens is 536 g/mol. The third kappa shape index (κ3) is 13.0. The molecule has 0 aliphatic heterocycles. The summed E-state index contributed by atoms with van der Waals surface area (Å²) >= 11 is 0. The average molecular weight is 566 g/mol. The molecule has 205 valence electrons. The minimum atomic E-state index is -1.30. The standard InChI is InChI=1S/2C12H16N2O4.Cu/c2*1-7(13)12(17)18-9-4-2-8(3-5-9)6-10(14)11(15)16;/h2*2-5,7,10H,6,13-14H2,1H3,(H,15,16);/q;;+2/p-2/t2*7-,10-;/m00./s1. The van der Waals surface area contributed by atoms with E-state index >= 15 is 0 Å². The van der Waals surface area contributed by atoms with Crippen LogP contribution in [0.4, 0.5) is 0 Å². The van der Waals surface area contributed by atoms with Crippen LogP contribution >= 0.6 is 0 Å². The zero-order valence-corrected chi connectivity index (χ0v) is 21.2. The smallest absolute Gasteiger partial charge is 0.548 e. The monoisotopic (exact) mass is 565 g/mol.